The van der Waals surface area contributed by atoms with Crippen LogP contribution in [0.3, 0.4) is 0 Å². The van der Waals surface area contributed by atoms with Gasteiger partial charge in [-0.25, -0.2) is 9.59 Å². The van der Waals surface area contributed by atoms with Crippen molar-refractivity contribution in [3.8, 4) is 5.75 Å². The molecule has 402 valence electrons. The van der Waals surface area contributed by atoms with E-state index in [1.54, 1.807) is 32.6 Å². The lowest BCUT2D eigenvalue weighted by molar-refractivity contribution is -0.147. The lowest BCUT2D eigenvalue weighted by Gasteiger charge is -2.42. The van der Waals surface area contributed by atoms with Crippen LogP contribution < -0.4 is 26.0 Å². The minimum absolute atomic E-state index is 0.00943. The molecule has 18 nitrogen and oxygen atoms in total. The van der Waals surface area contributed by atoms with Crippen molar-refractivity contribution >= 4 is 29.9 Å². The smallest absolute Gasteiger partial charge is 0.407 e. The summed E-state index contributed by atoms with van der Waals surface area (Å²) in [5, 5.41) is 11.6. The largest absolute Gasteiger partial charge is 0.491 e. The van der Waals surface area contributed by atoms with E-state index in [4.69, 9.17) is 37.9 Å². The van der Waals surface area contributed by atoms with Crippen LogP contribution in [0.5, 0.6) is 5.75 Å². The van der Waals surface area contributed by atoms with E-state index in [9.17, 15) is 24.0 Å². The number of ether oxygens (including phenoxy) is 8. The van der Waals surface area contributed by atoms with Crippen LogP contribution in [0.1, 0.15) is 95.2 Å². The van der Waals surface area contributed by atoms with Gasteiger partial charge in [0.1, 0.15) is 36.6 Å². The molecule has 1 aliphatic carbocycles. The standard InChI is InChI=1S/C55H79N5O13/c1-39(36-57-52(64)72-38-40-14-9-8-10-15-40)49(61)59-48(54(2,3)4)51(63)60-37-43-34-44(21-20-42(43)35-47(60)50(62)58-46-19-13-17-41-16-11-12-18-45(41)46)71-33-32-70-31-30-69-29-28-68-27-26-67-25-24-66-23-22-56-53(65)73-55(5,6)7/h8-12,14-16,18,20-21,34,39,46-48H,13,17,19,22-33,35-38H2,1-7H3,(H,56,65)(H,57,64)(H,58,62)(H,59,61)/t39-,46+,47-,48+/m0/s1. The molecule has 0 spiro atoms. The summed E-state index contributed by atoms with van der Waals surface area (Å²) >= 11 is 0. The van der Waals surface area contributed by atoms with Crippen LogP contribution in [-0.2, 0) is 73.5 Å². The first-order valence-electron chi connectivity index (χ1n) is 25.5. The van der Waals surface area contributed by atoms with E-state index in [1.165, 1.54) is 5.56 Å². The van der Waals surface area contributed by atoms with Gasteiger partial charge >= 0.3 is 12.2 Å². The maximum atomic E-state index is 14.9. The van der Waals surface area contributed by atoms with Crippen molar-refractivity contribution in [2.75, 3.05) is 85.8 Å². The first-order chi connectivity index (χ1) is 35.0. The van der Waals surface area contributed by atoms with Crippen molar-refractivity contribution < 1.29 is 61.9 Å². The molecule has 73 heavy (non-hydrogen) atoms. The first-order valence-corrected chi connectivity index (χ1v) is 25.5. The molecule has 4 atom stereocenters. The molecule has 0 radical (unpaired) electrons. The number of fused-ring (bicyclic) bond motifs is 2. The Labute approximate surface area is 431 Å². The van der Waals surface area contributed by atoms with Crippen LogP contribution >= 0.6 is 0 Å². The van der Waals surface area contributed by atoms with Gasteiger partial charge in [0.05, 0.1) is 78.0 Å². The van der Waals surface area contributed by atoms with Crippen molar-refractivity contribution in [1.29, 1.82) is 0 Å². The van der Waals surface area contributed by atoms with Crippen LogP contribution in [0.15, 0.2) is 72.8 Å². The number of rotatable bonds is 28. The van der Waals surface area contributed by atoms with Crippen molar-refractivity contribution in [2.24, 2.45) is 11.3 Å². The quantitative estimate of drug-likeness (QED) is 0.0597. The first kappa shape index (κ1) is 58.1. The van der Waals surface area contributed by atoms with Crippen molar-refractivity contribution in [1.82, 2.24) is 26.2 Å². The van der Waals surface area contributed by atoms with Gasteiger partial charge in [-0.05, 0) is 85.4 Å². The van der Waals surface area contributed by atoms with Crippen LogP contribution in [0.2, 0.25) is 0 Å². The number of hydrogen-bond donors (Lipinski definition) is 4. The second-order valence-electron chi connectivity index (χ2n) is 20.3. The second kappa shape index (κ2) is 29.8. The van der Waals surface area contributed by atoms with Gasteiger partial charge in [0, 0.05) is 26.1 Å². The third-order valence-electron chi connectivity index (χ3n) is 12.1. The Morgan fingerprint density at radius 1 is 0.685 bits per heavy atom. The average molecular weight is 1020 g/mol. The highest BCUT2D eigenvalue weighted by molar-refractivity contribution is 5.94. The fraction of sp³-hybridized carbons (Fsp3) is 0.582. The molecule has 0 fully saturated rings. The molecule has 5 rings (SSSR count). The van der Waals surface area contributed by atoms with Crippen LogP contribution in [0, 0.1) is 11.3 Å². The molecule has 3 aromatic rings. The van der Waals surface area contributed by atoms with E-state index in [0.717, 1.165) is 41.5 Å². The maximum absolute atomic E-state index is 14.9. The third kappa shape index (κ3) is 20.6. The Morgan fingerprint density at radius 3 is 1.95 bits per heavy atom. The molecular formula is C55H79N5O13. The minimum atomic E-state index is -1.00. The summed E-state index contributed by atoms with van der Waals surface area (Å²) in [6.45, 7) is 17.5. The number of amides is 5. The molecule has 0 unspecified atom stereocenters. The molecule has 1 aliphatic heterocycles. The molecule has 1 heterocycles. The molecule has 0 aromatic heterocycles. The van der Waals surface area contributed by atoms with E-state index in [1.807, 2.05) is 81.4 Å². The Kier molecular flexibility index (Phi) is 23.7. The highest BCUT2D eigenvalue weighted by Crippen LogP contribution is 2.33. The van der Waals surface area contributed by atoms with Crippen molar-refractivity contribution in [2.45, 2.75) is 111 Å². The average Bonchev–Trinajstić information content (AvgIpc) is 3.36. The number of hydrogen-bond acceptors (Lipinski definition) is 13. The van der Waals surface area contributed by atoms with Crippen molar-refractivity contribution in [3.63, 3.8) is 0 Å². The molecule has 0 saturated heterocycles. The summed E-state index contributed by atoms with van der Waals surface area (Å²) in [7, 11) is 0. The van der Waals surface area contributed by atoms with Gasteiger partial charge in [0.25, 0.3) is 0 Å². The van der Waals surface area contributed by atoms with Gasteiger partial charge in [-0.1, -0.05) is 88.4 Å². The molecule has 5 amide bonds. The van der Waals surface area contributed by atoms with Crippen LogP contribution in [0.4, 0.5) is 9.59 Å². The zero-order chi connectivity index (χ0) is 52.6. The third-order valence-corrected chi connectivity index (χ3v) is 12.1. The fourth-order valence-electron chi connectivity index (χ4n) is 8.23. The summed E-state index contributed by atoms with van der Waals surface area (Å²) in [6.07, 6.45) is 1.81. The van der Waals surface area contributed by atoms with E-state index in [0.29, 0.717) is 78.4 Å². The lowest BCUT2D eigenvalue weighted by Crippen LogP contribution is -2.61. The van der Waals surface area contributed by atoms with Gasteiger partial charge in [-0.15, -0.1) is 0 Å². The second-order valence-corrected chi connectivity index (χ2v) is 20.3. The van der Waals surface area contributed by atoms with Crippen molar-refractivity contribution in [3.05, 3.63) is 101 Å². The predicted octanol–water partition coefficient (Wildman–Crippen LogP) is 6.21. The van der Waals surface area contributed by atoms with E-state index < -0.39 is 47.1 Å². The molecular weight excluding hydrogens is 939 g/mol. The molecule has 2 aliphatic rings. The Balaban J connectivity index is 1.07. The Morgan fingerprint density at radius 2 is 1.30 bits per heavy atom. The van der Waals surface area contributed by atoms with Crippen LogP contribution in [0.25, 0.3) is 0 Å². The summed E-state index contributed by atoms with van der Waals surface area (Å²) in [5.74, 6) is -1.17. The lowest BCUT2D eigenvalue weighted by atomic mass is 9.83. The number of alkyl carbamates (subject to hydrolysis) is 2. The SMILES string of the molecule is C[C@@H](CNC(=O)OCc1ccccc1)C(=O)N[C@H](C(=O)N1Cc2cc(OCCOCCOCCOCCOCCOCCNC(=O)OC(C)(C)C)ccc2C[C@H]1C(=O)N[C@@H]1CCCc2ccccc21)C(C)(C)C. The molecule has 4 N–H and O–H groups in total. The molecule has 0 bridgehead atoms. The normalized spacial score (nSPS) is 16.2. The Hall–Kier alpha value is -5.79. The van der Waals surface area contributed by atoms with E-state index >= 15 is 0 Å². The number of aryl methyl sites for hydroxylation is 1. The number of carbonyl (C=O) groups excluding carboxylic acids is 5. The summed E-state index contributed by atoms with van der Waals surface area (Å²) in [4.78, 5) is 68.9. The molecule has 18 heteroatoms. The summed E-state index contributed by atoms with van der Waals surface area (Å²) < 4.78 is 44.4. The highest BCUT2D eigenvalue weighted by Gasteiger charge is 2.43. The van der Waals surface area contributed by atoms with E-state index in [2.05, 4.69) is 33.4 Å². The highest BCUT2D eigenvalue weighted by atomic mass is 16.6. The Bertz CT molecular complexity index is 2200. The zero-order valence-electron chi connectivity index (χ0n) is 43.9. The van der Waals surface area contributed by atoms with Gasteiger partial charge in [0.15, 0.2) is 0 Å². The number of nitrogens with zero attached hydrogens (tertiary/aromatic N) is 1. The van der Waals surface area contributed by atoms with Gasteiger partial charge in [-0.3, -0.25) is 14.4 Å². The van der Waals surface area contributed by atoms with Crippen LogP contribution in [-0.4, -0.2) is 138 Å². The van der Waals surface area contributed by atoms with Gasteiger partial charge < -0.3 is 64.1 Å². The summed E-state index contributed by atoms with van der Waals surface area (Å²) in [6, 6.07) is 21.1. The fourth-order valence-corrected chi connectivity index (χ4v) is 8.23. The molecule has 3 aromatic carbocycles. The minimum Gasteiger partial charge on any atom is -0.491 e. The summed E-state index contributed by atoms with van der Waals surface area (Å²) in [5.41, 5.74) is 3.60. The zero-order valence-corrected chi connectivity index (χ0v) is 43.9. The van der Waals surface area contributed by atoms with Gasteiger partial charge in [0.2, 0.25) is 17.7 Å². The number of carbonyl (C=O) groups is 5. The number of nitrogens with one attached hydrogen (secondary N) is 4. The van der Waals surface area contributed by atoms with E-state index in [-0.39, 0.29) is 50.6 Å². The van der Waals surface area contributed by atoms with Gasteiger partial charge in [-0.2, -0.15) is 0 Å². The predicted molar refractivity (Wildman–Crippen MR) is 274 cm³/mol. The number of benzene rings is 3. The topological polar surface area (TPSA) is 211 Å². The molecule has 0 saturated carbocycles. The monoisotopic (exact) mass is 1020 g/mol. The maximum Gasteiger partial charge on any atom is 0.407 e.